The normalized spacial score (nSPS) is 14.6. The highest BCUT2D eigenvalue weighted by Crippen LogP contribution is 2.39. The standard InChI is InChI=1S/C19H25N3O3S/c1-4-12(3)25-19(24)16-13-8-6-7-9-15(13)26-18(16)20-17(23)14-10-11-22(5-2)21-14/h10-12H,4-9H2,1-3H3,(H,20,23). The van der Waals surface area contributed by atoms with Crippen molar-refractivity contribution < 1.29 is 14.3 Å². The zero-order valence-corrected chi connectivity index (χ0v) is 16.3. The first-order chi connectivity index (χ1) is 12.5. The molecule has 26 heavy (non-hydrogen) atoms. The second-order valence-electron chi connectivity index (χ2n) is 6.55. The van der Waals surface area contributed by atoms with Gasteiger partial charge in [0, 0.05) is 17.6 Å². The first-order valence-electron chi connectivity index (χ1n) is 9.23. The molecule has 1 amide bonds. The number of nitrogens with one attached hydrogen (secondary N) is 1. The number of carbonyl (C=O) groups is 2. The Kier molecular flexibility index (Phi) is 5.76. The minimum Gasteiger partial charge on any atom is -0.459 e. The summed E-state index contributed by atoms with van der Waals surface area (Å²) in [5.41, 5.74) is 1.93. The van der Waals surface area contributed by atoms with Crippen molar-refractivity contribution in [3.63, 3.8) is 0 Å². The molecule has 0 radical (unpaired) electrons. The minimum absolute atomic E-state index is 0.148. The van der Waals surface area contributed by atoms with Gasteiger partial charge in [0.15, 0.2) is 5.69 Å². The van der Waals surface area contributed by atoms with Crippen molar-refractivity contribution in [1.29, 1.82) is 0 Å². The molecular weight excluding hydrogens is 350 g/mol. The Bertz CT molecular complexity index is 809. The zero-order valence-electron chi connectivity index (χ0n) is 15.5. The van der Waals surface area contributed by atoms with Crippen LogP contribution < -0.4 is 5.32 Å². The number of nitrogens with zero attached hydrogens (tertiary/aromatic N) is 2. The predicted octanol–water partition coefficient (Wildman–Crippen LogP) is 4.05. The number of thiophene rings is 1. The fourth-order valence-corrected chi connectivity index (χ4v) is 4.29. The van der Waals surface area contributed by atoms with Crippen molar-refractivity contribution in [3.8, 4) is 0 Å². The summed E-state index contributed by atoms with van der Waals surface area (Å²) in [6, 6.07) is 1.68. The van der Waals surface area contributed by atoms with E-state index < -0.39 is 0 Å². The van der Waals surface area contributed by atoms with Crippen LogP contribution in [-0.4, -0.2) is 27.8 Å². The average Bonchev–Trinajstić information content (AvgIpc) is 3.25. The van der Waals surface area contributed by atoms with Crippen molar-refractivity contribution >= 4 is 28.2 Å². The van der Waals surface area contributed by atoms with Crippen LogP contribution in [-0.2, 0) is 24.1 Å². The molecule has 2 heterocycles. The molecule has 1 aliphatic carbocycles. The molecule has 6 nitrogen and oxygen atoms in total. The molecule has 0 aromatic carbocycles. The highest BCUT2D eigenvalue weighted by atomic mass is 32.1. The molecule has 2 aromatic rings. The van der Waals surface area contributed by atoms with E-state index in [1.165, 1.54) is 16.2 Å². The summed E-state index contributed by atoms with van der Waals surface area (Å²) in [6.45, 7) is 6.53. The van der Waals surface area contributed by atoms with Gasteiger partial charge in [-0.25, -0.2) is 4.79 Å². The zero-order chi connectivity index (χ0) is 18.7. The molecule has 1 atom stereocenters. The summed E-state index contributed by atoms with van der Waals surface area (Å²) >= 11 is 1.49. The van der Waals surface area contributed by atoms with E-state index in [1.54, 1.807) is 16.9 Å². The summed E-state index contributed by atoms with van der Waals surface area (Å²) in [7, 11) is 0. The Morgan fingerprint density at radius 3 is 2.81 bits per heavy atom. The summed E-state index contributed by atoms with van der Waals surface area (Å²) in [5.74, 6) is -0.637. The SMILES string of the molecule is CCC(C)OC(=O)c1c(NC(=O)c2ccn(CC)n2)sc2c1CCCC2. The van der Waals surface area contributed by atoms with Gasteiger partial charge in [0.1, 0.15) is 5.00 Å². The second kappa shape index (κ2) is 8.03. The number of amides is 1. The lowest BCUT2D eigenvalue weighted by Gasteiger charge is -2.15. The number of rotatable bonds is 6. The first kappa shape index (κ1) is 18.6. The molecule has 0 saturated heterocycles. The van der Waals surface area contributed by atoms with E-state index in [9.17, 15) is 9.59 Å². The van der Waals surface area contributed by atoms with E-state index in [-0.39, 0.29) is 18.0 Å². The third-order valence-corrected chi connectivity index (χ3v) is 5.89. The average molecular weight is 375 g/mol. The monoisotopic (exact) mass is 375 g/mol. The Morgan fingerprint density at radius 1 is 1.35 bits per heavy atom. The maximum absolute atomic E-state index is 12.7. The molecule has 2 aromatic heterocycles. The molecule has 140 valence electrons. The first-order valence-corrected chi connectivity index (χ1v) is 10.0. The second-order valence-corrected chi connectivity index (χ2v) is 7.66. The van der Waals surface area contributed by atoms with Gasteiger partial charge in [-0.1, -0.05) is 6.92 Å². The van der Waals surface area contributed by atoms with Gasteiger partial charge in [0.2, 0.25) is 0 Å². The van der Waals surface area contributed by atoms with Gasteiger partial charge < -0.3 is 10.1 Å². The molecule has 0 saturated carbocycles. The number of esters is 1. The van der Waals surface area contributed by atoms with E-state index in [0.29, 0.717) is 22.8 Å². The van der Waals surface area contributed by atoms with Crippen molar-refractivity contribution in [2.75, 3.05) is 5.32 Å². The molecule has 0 bridgehead atoms. The number of carbonyl (C=O) groups excluding carboxylic acids is 2. The molecule has 0 aliphatic heterocycles. The summed E-state index contributed by atoms with van der Waals surface area (Å²) in [4.78, 5) is 26.5. The maximum Gasteiger partial charge on any atom is 0.341 e. The lowest BCUT2D eigenvalue weighted by atomic mass is 9.95. The smallest absolute Gasteiger partial charge is 0.341 e. The van der Waals surface area contributed by atoms with Gasteiger partial charge in [-0.3, -0.25) is 9.48 Å². The molecule has 1 unspecified atom stereocenters. The van der Waals surface area contributed by atoms with Crippen LogP contribution in [0.4, 0.5) is 5.00 Å². The fraction of sp³-hybridized carbons (Fsp3) is 0.526. The van der Waals surface area contributed by atoms with Crippen molar-refractivity contribution in [2.45, 2.75) is 65.5 Å². The number of fused-ring (bicyclic) bond motifs is 1. The molecule has 1 aliphatic rings. The van der Waals surface area contributed by atoms with Crippen LogP contribution in [0.3, 0.4) is 0 Å². The summed E-state index contributed by atoms with van der Waals surface area (Å²) < 4.78 is 7.26. The third kappa shape index (κ3) is 3.82. The van der Waals surface area contributed by atoms with Gasteiger partial charge >= 0.3 is 5.97 Å². The topological polar surface area (TPSA) is 73.2 Å². The van der Waals surface area contributed by atoms with E-state index in [0.717, 1.165) is 37.7 Å². The van der Waals surface area contributed by atoms with Gasteiger partial charge in [0.05, 0.1) is 11.7 Å². The molecule has 1 N–H and O–H groups in total. The maximum atomic E-state index is 12.7. The molecular formula is C19H25N3O3S. The summed E-state index contributed by atoms with van der Waals surface area (Å²) in [6.07, 6.45) is 6.36. The lowest BCUT2D eigenvalue weighted by Crippen LogP contribution is -2.19. The Morgan fingerprint density at radius 2 is 2.12 bits per heavy atom. The highest BCUT2D eigenvalue weighted by Gasteiger charge is 2.28. The Hall–Kier alpha value is -2.15. The fourth-order valence-electron chi connectivity index (χ4n) is 3.02. The van der Waals surface area contributed by atoms with Crippen LogP contribution in [0, 0.1) is 0 Å². The summed E-state index contributed by atoms with van der Waals surface area (Å²) in [5, 5.41) is 7.72. The molecule has 0 fully saturated rings. The quantitative estimate of drug-likeness (QED) is 0.773. The van der Waals surface area contributed by atoms with Crippen molar-refractivity contribution in [2.24, 2.45) is 0 Å². The van der Waals surface area contributed by atoms with Crippen LogP contribution in [0.2, 0.25) is 0 Å². The van der Waals surface area contributed by atoms with Gasteiger partial charge in [-0.05, 0) is 57.6 Å². The van der Waals surface area contributed by atoms with Crippen LogP contribution in [0.15, 0.2) is 12.3 Å². The predicted molar refractivity (Wildman–Crippen MR) is 102 cm³/mol. The Labute approximate surface area is 157 Å². The Balaban J connectivity index is 1.89. The van der Waals surface area contributed by atoms with Gasteiger partial charge in [-0.2, -0.15) is 5.10 Å². The van der Waals surface area contributed by atoms with Crippen LogP contribution >= 0.6 is 11.3 Å². The third-order valence-electron chi connectivity index (χ3n) is 4.68. The van der Waals surface area contributed by atoms with E-state index in [4.69, 9.17) is 4.74 Å². The van der Waals surface area contributed by atoms with Crippen LogP contribution in [0.25, 0.3) is 0 Å². The van der Waals surface area contributed by atoms with Gasteiger partial charge in [-0.15, -0.1) is 11.3 Å². The molecule has 0 spiro atoms. The number of ether oxygens (including phenoxy) is 1. The van der Waals surface area contributed by atoms with Crippen molar-refractivity contribution in [1.82, 2.24) is 9.78 Å². The molecule has 3 rings (SSSR count). The van der Waals surface area contributed by atoms with Gasteiger partial charge in [0.25, 0.3) is 5.91 Å². The minimum atomic E-state index is -0.340. The number of aromatic nitrogens is 2. The largest absolute Gasteiger partial charge is 0.459 e. The highest BCUT2D eigenvalue weighted by molar-refractivity contribution is 7.17. The van der Waals surface area contributed by atoms with Crippen molar-refractivity contribution in [3.05, 3.63) is 34.0 Å². The van der Waals surface area contributed by atoms with Crippen LogP contribution in [0.5, 0.6) is 0 Å². The number of aryl methyl sites for hydroxylation is 2. The number of hydrogen-bond donors (Lipinski definition) is 1. The number of hydrogen-bond acceptors (Lipinski definition) is 5. The van der Waals surface area contributed by atoms with E-state index in [1.807, 2.05) is 20.8 Å². The van der Waals surface area contributed by atoms with Crippen LogP contribution in [0.1, 0.15) is 71.3 Å². The molecule has 7 heteroatoms. The lowest BCUT2D eigenvalue weighted by molar-refractivity contribution is 0.0335. The van der Waals surface area contributed by atoms with E-state index in [2.05, 4.69) is 10.4 Å². The van der Waals surface area contributed by atoms with E-state index >= 15 is 0 Å². The number of anilines is 1.